The largest absolute Gasteiger partial charge is 0.265 e. The number of hydrogen-bond donors (Lipinski definition) is 1. The topological polar surface area (TPSA) is 41.6 Å². The molecule has 0 aliphatic rings. The minimum Gasteiger partial charge on any atom is -0.265 e. The quantitative estimate of drug-likeness (QED) is 0.601. The van der Waals surface area contributed by atoms with Crippen LogP contribution in [-0.4, -0.2) is 15.4 Å². The fourth-order valence-electron chi connectivity index (χ4n) is 1.44. The molecule has 14 heavy (non-hydrogen) atoms. The molecule has 0 aliphatic carbocycles. The maximum atomic E-state index is 3.98. The SMILES string of the molecule is CCCCCCCC(Br)c1c[nH]nn1. The summed E-state index contributed by atoms with van der Waals surface area (Å²) in [6.45, 7) is 2.24. The number of halogens is 1. The van der Waals surface area contributed by atoms with Crippen LogP contribution >= 0.6 is 15.9 Å². The fraction of sp³-hybridized carbons (Fsp3) is 0.800. The number of hydrogen-bond acceptors (Lipinski definition) is 2. The van der Waals surface area contributed by atoms with E-state index in [-0.39, 0.29) is 0 Å². The molecule has 0 aromatic carbocycles. The van der Waals surface area contributed by atoms with E-state index in [9.17, 15) is 0 Å². The Morgan fingerprint density at radius 2 is 2.14 bits per heavy atom. The summed E-state index contributed by atoms with van der Waals surface area (Å²) in [5, 5.41) is 10.4. The fourth-order valence-corrected chi connectivity index (χ4v) is 1.99. The van der Waals surface area contributed by atoms with Crippen LogP contribution in [0.1, 0.15) is 56.0 Å². The van der Waals surface area contributed by atoms with Crippen molar-refractivity contribution in [2.75, 3.05) is 0 Å². The van der Waals surface area contributed by atoms with Crippen molar-refractivity contribution >= 4 is 15.9 Å². The average Bonchev–Trinajstić information content (AvgIpc) is 2.70. The molecule has 1 N–H and O–H groups in total. The maximum Gasteiger partial charge on any atom is 0.0960 e. The van der Waals surface area contributed by atoms with Gasteiger partial charge in [-0.15, -0.1) is 5.10 Å². The first-order valence-corrected chi connectivity index (χ1v) is 6.26. The molecule has 1 atom stereocenters. The van der Waals surface area contributed by atoms with Gasteiger partial charge in [-0.05, 0) is 6.42 Å². The number of unbranched alkanes of at least 4 members (excludes halogenated alkanes) is 4. The number of H-pyrrole nitrogens is 1. The highest BCUT2D eigenvalue weighted by Gasteiger charge is 2.08. The zero-order chi connectivity index (χ0) is 10.2. The van der Waals surface area contributed by atoms with Gasteiger partial charge in [0.05, 0.1) is 10.5 Å². The highest BCUT2D eigenvalue weighted by atomic mass is 79.9. The van der Waals surface area contributed by atoms with Crippen molar-refractivity contribution in [2.24, 2.45) is 0 Å². The molecule has 0 amide bonds. The number of aromatic amines is 1. The van der Waals surface area contributed by atoms with E-state index in [4.69, 9.17) is 0 Å². The van der Waals surface area contributed by atoms with Crippen molar-refractivity contribution in [1.29, 1.82) is 0 Å². The Balaban J connectivity index is 2.07. The Bertz CT molecular complexity index is 223. The molecule has 0 spiro atoms. The van der Waals surface area contributed by atoms with E-state index in [1.165, 1.54) is 32.1 Å². The first kappa shape index (κ1) is 11.7. The van der Waals surface area contributed by atoms with E-state index in [1.807, 2.05) is 6.20 Å². The average molecular weight is 260 g/mol. The van der Waals surface area contributed by atoms with E-state index in [1.54, 1.807) is 0 Å². The van der Waals surface area contributed by atoms with Gasteiger partial charge in [0.1, 0.15) is 0 Å². The van der Waals surface area contributed by atoms with Crippen LogP contribution in [0.2, 0.25) is 0 Å². The van der Waals surface area contributed by atoms with Gasteiger partial charge in [0.15, 0.2) is 0 Å². The van der Waals surface area contributed by atoms with Gasteiger partial charge in [-0.2, -0.15) is 0 Å². The Morgan fingerprint density at radius 3 is 2.79 bits per heavy atom. The van der Waals surface area contributed by atoms with Gasteiger partial charge in [-0.25, -0.2) is 0 Å². The first-order valence-electron chi connectivity index (χ1n) is 5.35. The van der Waals surface area contributed by atoms with E-state index < -0.39 is 0 Å². The van der Waals surface area contributed by atoms with Crippen molar-refractivity contribution in [2.45, 2.75) is 50.3 Å². The van der Waals surface area contributed by atoms with Gasteiger partial charge in [0.25, 0.3) is 0 Å². The predicted octanol–water partition coefficient (Wildman–Crippen LogP) is 3.60. The molecule has 0 bridgehead atoms. The van der Waals surface area contributed by atoms with Crippen LogP contribution in [0.15, 0.2) is 6.20 Å². The molecule has 0 fully saturated rings. The third-order valence-corrected chi connectivity index (χ3v) is 3.24. The summed E-state index contributed by atoms with van der Waals surface area (Å²) in [5.74, 6) is 0. The smallest absolute Gasteiger partial charge is 0.0960 e. The molecule has 1 heterocycles. The lowest BCUT2D eigenvalue weighted by Gasteiger charge is -2.05. The number of nitrogens with one attached hydrogen (secondary N) is 1. The summed E-state index contributed by atoms with van der Waals surface area (Å²) in [6, 6.07) is 0. The molecule has 4 heteroatoms. The summed E-state index contributed by atoms with van der Waals surface area (Å²) >= 11 is 3.61. The van der Waals surface area contributed by atoms with E-state index in [0.29, 0.717) is 4.83 Å². The van der Waals surface area contributed by atoms with Crippen molar-refractivity contribution < 1.29 is 0 Å². The Kier molecular flexibility index (Phi) is 5.83. The summed E-state index contributed by atoms with van der Waals surface area (Å²) in [6.07, 6.45) is 9.62. The van der Waals surface area contributed by atoms with Gasteiger partial charge in [-0.3, -0.25) is 5.10 Å². The van der Waals surface area contributed by atoms with Gasteiger partial charge in [0, 0.05) is 6.20 Å². The van der Waals surface area contributed by atoms with Crippen LogP contribution in [0.4, 0.5) is 0 Å². The summed E-state index contributed by atoms with van der Waals surface area (Å²) in [5.41, 5.74) is 1.01. The van der Waals surface area contributed by atoms with Crippen LogP contribution in [0.5, 0.6) is 0 Å². The molecule has 0 saturated heterocycles. The lowest BCUT2D eigenvalue weighted by molar-refractivity contribution is 0.602. The van der Waals surface area contributed by atoms with Crippen LogP contribution in [0.25, 0.3) is 0 Å². The van der Waals surface area contributed by atoms with Gasteiger partial charge in [-0.1, -0.05) is 60.2 Å². The van der Waals surface area contributed by atoms with E-state index in [2.05, 4.69) is 38.3 Å². The molecule has 0 radical (unpaired) electrons. The minimum atomic E-state index is 0.364. The van der Waals surface area contributed by atoms with Gasteiger partial charge >= 0.3 is 0 Å². The van der Waals surface area contributed by atoms with Gasteiger partial charge in [0.2, 0.25) is 0 Å². The van der Waals surface area contributed by atoms with Crippen LogP contribution in [0.3, 0.4) is 0 Å². The van der Waals surface area contributed by atoms with E-state index in [0.717, 1.165) is 12.1 Å². The number of alkyl halides is 1. The first-order chi connectivity index (χ1) is 6.84. The molecule has 1 aromatic heterocycles. The van der Waals surface area contributed by atoms with Crippen molar-refractivity contribution in [3.8, 4) is 0 Å². The lowest BCUT2D eigenvalue weighted by atomic mass is 10.1. The standard InChI is InChI=1S/C10H18BrN3/c1-2-3-4-5-6-7-9(11)10-8-12-14-13-10/h8-9H,2-7H2,1H3,(H,12,13,14). The number of rotatable bonds is 7. The Hall–Kier alpha value is -0.380. The minimum absolute atomic E-state index is 0.364. The Labute approximate surface area is 93.8 Å². The van der Waals surface area contributed by atoms with Gasteiger partial charge < -0.3 is 0 Å². The van der Waals surface area contributed by atoms with Crippen LogP contribution < -0.4 is 0 Å². The molecule has 1 rings (SSSR count). The molecule has 80 valence electrons. The Morgan fingerprint density at radius 1 is 1.36 bits per heavy atom. The second-order valence-electron chi connectivity index (χ2n) is 3.57. The highest BCUT2D eigenvalue weighted by molar-refractivity contribution is 9.09. The van der Waals surface area contributed by atoms with Crippen molar-refractivity contribution in [3.05, 3.63) is 11.9 Å². The van der Waals surface area contributed by atoms with Crippen molar-refractivity contribution in [3.63, 3.8) is 0 Å². The molecule has 1 unspecified atom stereocenters. The summed E-state index contributed by atoms with van der Waals surface area (Å²) in [7, 11) is 0. The van der Waals surface area contributed by atoms with Crippen LogP contribution in [0, 0.1) is 0 Å². The summed E-state index contributed by atoms with van der Waals surface area (Å²) in [4.78, 5) is 0.364. The number of nitrogens with zero attached hydrogens (tertiary/aromatic N) is 2. The molecule has 1 aromatic rings. The predicted molar refractivity (Wildman–Crippen MR) is 61.4 cm³/mol. The highest BCUT2D eigenvalue weighted by Crippen LogP contribution is 2.26. The summed E-state index contributed by atoms with van der Waals surface area (Å²) < 4.78 is 0. The molecule has 0 aliphatic heterocycles. The molecular weight excluding hydrogens is 242 g/mol. The molecule has 3 nitrogen and oxygen atoms in total. The zero-order valence-corrected chi connectivity index (χ0v) is 10.3. The zero-order valence-electron chi connectivity index (χ0n) is 8.67. The van der Waals surface area contributed by atoms with Crippen molar-refractivity contribution in [1.82, 2.24) is 15.4 Å². The van der Waals surface area contributed by atoms with Crippen LogP contribution in [-0.2, 0) is 0 Å². The third kappa shape index (κ3) is 4.22. The molecule has 0 saturated carbocycles. The third-order valence-electron chi connectivity index (χ3n) is 2.32. The lowest BCUT2D eigenvalue weighted by Crippen LogP contribution is -1.90. The monoisotopic (exact) mass is 259 g/mol. The normalized spacial score (nSPS) is 13.0. The number of aromatic nitrogens is 3. The second kappa shape index (κ2) is 6.98. The van der Waals surface area contributed by atoms with E-state index >= 15 is 0 Å². The second-order valence-corrected chi connectivity index (χ2v) is 4.67. The molecular formula is C10H18BrN3. The maximum absolute atomic E-state index is 3.98.